The highest BCUT2D eigenvalue weighted by molar-refractivity contribution is 7.89. The molecule has 0 spiro atoms. The zero-order chi connectivity index (χ0) is 23.0. The Bertz CT molecular complexity index is 1350. The van der Waals surface area contributed by atoms with Crippen molar-refractivity contribution >= 4 is 44.0 Å². The van der Waals surface area contributed by atoms with Crippen LogP contribution in [0.3, 0.4) is 0 Å². The highest BCUT2D eigenvalue weighted by Crippen LogP contribution is 2.31. The molecule has 0 bridgehead atoms. The predicted octanol–water partition coefficient (Wildman–Crippen LogP) is 2.58. The number of nitrogens with one attached hydrogen (secondary N) is 2. The molecule has 3 aromatic rings. The molecule has 1 aromatic heterocycles. The van der Waals surface area contributed by atoms with E-state index in [1.165, 1.54) is 27.8 Å². The summed E-state index contributed by atoms with van der Waals surface area (Å²) < 4.78 is 32.4. The van der Waals surface area contributed by atoms with Gasteiger partial charge in [0.05, 0.1) is 30.2 Å². The van der Waals surface area contributed by atoms with Gasteiger partial charge in [-0.2, -0.15) is 4.31 Å². The number of carbonyl (C=O) groups excluding carboxylic acids is 2. The van der Waals surface area contributed by atoms with Crippen LogP contribution in [0, 0.1) is 0 Å². The monoisotopic (exact) mass is 484 g/mol. The maximum Gasteiger partial charge on any atom is 0.257 e. The number of thiazole rings is 1. The van der Waals surface area contributed by atoms with Crippen molar-refractivity contribution in [3.63, 3.8) is 0 Å². The lowest BCUT2D eigenvalue weighted by molar-refractivity contribution is -0.115. The first-order valence-electron chi connectivity index (χ1n) is 10.3. The number of hydrogen-bond acceptors (Lipinski definition) is 7. The number of sulfonamides is 1. The van der Waals surface area contributed by atoms with Gasteiger partial charge in [0.25, 0.3) is 5.91 Å². The number of benzene rings is 2. The Morgan fingerprint density at radius 1 is 1.15 bits per heavy atom. The smallest absolute Gasteiger partial charge is 0.257 e. The molecule has 1 fully saturated rings. The van der Waals surface area contributed by atoms with Crippen molar-refractivity contribution in [1.82, 2.24) is 9.29 Å². The van der Waals surface area contributed by atoms with Crippen LogP contribution in [0.4, 0.5) is 10.8 Å². The average Bonchev–Trinajstić information content (AvgIpc) is 3.44. The fraction of sp³-hybridized carbons (Fsp3) is 0.227. The molecule has 2 aliphatic heterocycles. The second-order valence-electron chi connectivity index (χ2n) is 7.63. The minimum atomic E-state index is -3.70. The minimum Gasteiger partial charge on any atom is -0.379 e. The third-order valence-corrected chi connectivity index (χ3v) is 8.11. The molecular formula is C22H20N4O5S2. The van der Waals surface area contributed by atoms with Gasteiger partial charge in [-0.05, 0) is 35.9 Å². The first-order valence-corrected chi connectivity index (χ1v) is 12.6. The zero-order valence-corrected chi connectivity index (χ0v) is 19.0. The van der Waals surface area contributed by atoms with E-state index in [1.807, 2.05) is 23.6 Å². The molecular weight excluding hydrogens is 464 g/mol. The van der Waals surface area contributed by atoms with Crippen LogP contribution < -0.4 is 10.6 Å². The van der Waals surface area contributed by atoms with Crippen LogP contribution in [-0.4, -0.2) is 55.8 Å². The molecule has 2 aliphatic rings. The number of fused-ring (bicyclic) bond motifs is 1. The SMILES string of the molecule is O=C1Cc2cc(-c3csc(NC(=O)c4cccc(S(=O)(=O)N5CCOCC5)c4)n3)ccc2N1. The number of carbonyl (C=O) groups is 2. The topological polar surface area (TPSA) is 118 Å². The highest BCUT2D eigenvalue weighted by Gasteiger charge is 2.27. The summed E-state index contributed by atoms with van der Waals surface area (Å²) in [4.78, 5) is 28.9. The Balaban J connectivity index is 1.32. The van der Waals surface area contributed by atoms with E-state index >= 15 is 0 Å². The summed E-state index contributed by atoms with van der Waals surface area (Å²) >= 11 is 1.27. The molecule has 0 radical (unpaired) electrons. The lowest BCUT2D eigenvalue weighted by Gasteiger charge is -2.26. The molecule has 1 saturated heterocycles. The molecule has 0 aliphatic carbocycles. The second-order valence-corrected chi connectivity index (χ2v) is 10.4. The third kappa shape index (κ3) is 4.40. The first-order chi connectivity index (χ1) is 15.9. The first kappa shape index (κ1) is 21.7. The van der Waals surface area contributed by atoms with Crippen LogP contribution >= 0.6 is 11.3 Å². The number of nitrogens with zero attached hydrogens (tertiary/aromatic N) is 2. The van der Waals surface area contributed by atoms with Gasteiger partial charge in [0.15, 0.2) is 5.13 Å². The third-order valence-electron chi connectivity index (χ3n) is 5.45. The molecule has 5 rings (SSSR count). The lowest BCUT2D eigenvalue weighted by atomic mass is 10.1. The number of hydrogen-bond donors (Lipinski definition) is 2. The average molecular weight is 485 g/mol. The largest absolute Gasteiger partial charge is 0.379 e. The Morgan fingerprint density at radius 2 is 1.97 bits per heavy atom. The van der Waals surface area contributed by atoms with Crippen molar-refractivity contribution < 1.29 is 22.7 Å². The van der Waals surface area contributed by atoms with E-state index in [1.54, 1.807) is 12.1 Å². The Labute approximate surface area is 194 Å². The summed E-state index contributed by atoms with van der Waals surface area (Å²) in [5, 5.41) is 7.75. The van der Waals surface area contributed by atoms with Crippen LogP contribution in [0.1, 0.15) is 15.9 Å². The Kier molecular flexibility index (Phi) is 5.71. The molecule has 0 unspecified atom stereocenters. The quantitative estimate of drug-likeness (QED) is 0.575. The molecule has 0 atom stereocenters. The zero-order valence-electron chi connectivity index (χ0n) is 17.4. The van der Waals surface area contributed by atoms with E-state index in [2.05, 4.69) is 15.6 Å². The Hall–Kier alpha value is -3.12. The van der Waals surface area contributed by atoms with E-state index in [0.29, 0.717) is 30.5 Å². The van der Waals surface area contributed by atoms with Gasteiger partial charge >= 0.3 is 0 Å². The van der Waals surface area contributed by atoms with Crippen molar-refractivity contribution in [2.45, 2.75) is 11.3 Å². The van der Waals surface area contributed by atoms with Crippen LogP contribution in [0.5, 0.6) is 0 Å². The molecule has 9 nitrogen and oxygen atoms in total. The Morgan fingerprint density at radius 3 is 2.79 bits per heavy atom. The lowest BCUT2D eigenvalue weighted by Crippen LogP contribution is -2.40. The van der Waals surface area contributed by atoms with Gasteiger partial charge in [0.2, 0.25) is 15.9 Å². The molecule has 3 heterocycles. The minimum absolute atomic E-state index is 0.0359. The number of ether oxygens (including phenoxy) is 1. The van der Waals surface area contributed by atoms with Crippen LogP contribution in [-0.2, 0) is 26.0 Å². The van der Waals surface area contributed by atoms with Gasteiger partial charge in [-0.15, -0.1) is 11.3 Å². The van der Waals surface area contributed by atoms with Gasteiger partial charge in [0.1, 0.15) is 0 Å². The van der Waals surface area contributed by atoms with E-state index in [0.717, 1.165) is 16.8 Å². The molecule has 2 amide bonds. The normalized spacial score (nSPS) is 16.3. The number of aromatic nitrogens is 1. The van der Waals surface area contributed by atoms with E-state index in [4.69, 9.17) is 4.74 Å². The molecule has 11 heteroatoms. The predicted molar refractivity (Wildman–Crippen MR) is 124 cm³/mol. The number of amides is 2. The van der Waals surface area contributed by atoms with E-state index in [9.17, 15) is 18.0 Å². The molecule has 33 heavy (non-hydrogen) atoms. The molecule has 2 aromatic carbocycles. The molecule has 170 valence electrons. The number of rotatable bonds is 5. The van der Waals surface area contributed by atoms with Crippen molar-refractivity contribution in [2.75, 3.05) is 36.9 Å². The van der Waals surface area contributed by atoms with Crippen molar-refractivity contribution in [2.24, 2.45) is 0 Å². The van der Waals surface area contributed by atoms with Crippen molar-refractivity contribution in [3.05, 3.63) is 59.0 Å². The fourth-order valence-electron chi connectivity index (χ4n) is 3.76. The van der Waals surface area contributed by atoms with E-state index in [-0.39, 0.29) is 29.5 Å². The summed E-state index contributed by atoms with van der Waals surface area (Å²) in [7, 11) is -3.70. The summed E-state index contributed by atoms with van der Waals surface area (Å²) in [5.41, 5.74) is 3.47. The molecule has 2 N–H and O–H groups in total. The maximum absolute atomic E-state index is 12.9. The van der Waals surface area contributed by atoms with Crippen LogP contribution in [0.2, 0.25) is 0 Å². The number of morpholine rings is 1. The molecule has 0 saturated carbocycles. The summed E-state index contributed by atoms with van der Waals surface area (Å²) in [5.74, 6) is -0.482. The number of anilines is 2. The van der Waals surface area contributed by atoms with Gasteiger partial charge in [-0.1, -0.05) is 12.1 Å². The van der Waals surface area contributed by atoms with E-state index < -0.39 is 15.9 Å². The second kappa shape index (κ2) is 8.67. The van der Waals surface area contributed by atoms with Gasteiger partial charge in [-0.25, -0.2) is 13.4 Å². The van der Waals surface area contributed by atoms with Gasteiger partial charge < -0.3 is 10.1 Å². The van der Waals surface area contributed by atoms with Crippen LogP contribution in [0.25, 0.3) is 11.3 Å². The van der Waals surface area contributed by atoms with Gasteiger partial charge in [0, 0.05) is 35.3 Å². The summed E-state index contributed by atoms with van der Waals surface area (Å²) in [6.45, 7) is 1.27. The highest BCUT2D eigenvalue weighted by atomic mass is 32.2. The summed E-state index contributed by atoms with van der Waals surface area (Å²) in [6, 6.07) is 11.6. The van der Waals surface area contributed by atoms with Crippen LogP contribution in [0.15, 0.2) is 52.7 Å². The summed E-state index contributed by atoms with van der Waals surface area (Å²) in [6.07, 6.45) is 0.334. The van der Waals surface area contributed by atoms with Crippen molar-refractivity contribution in [1.29, 1.82) is 0 Å². The fourth-order valence-corrected chi connectivity index (χ4v) is 5.92. The standard InChI is InChI=1S/C22H20N4O5S2/c27-20-12-16-10-14(4-5-18(16)23-20)19-13-32-22(24-19)25-21(28)15-2-1-3-17(11-15)33(29,30)26-6-8-31-9-7-26/h1-5,10-11,13H,6-9,12H2,(H,23,27)(H,24,25,28). The van der Waals surface area contributed by atoms with Gasteiger partial charge in [-0.3, -0.25) is 14.9 Å². The maximum atomic E-state index is 12.9. The van der Waals surface area contributed by atoms with Crippen molar-refractivity contribution in [3.8, 4) is 11.3 Å².